The van der Waals surface area contributed by atoms with Crippen LogP contribution in [0.4, 0.5) is 0 Å². The summed E-state index contributed by atoms with van der Waals surface area (Å²) in [5.41, 5.74) is 0.704. The molecule has 1 aromatic rings. The number of hydrogen-bond acceptors (Lipinski definition) is 6. The summed E-state index contributed by atoms with van der Waals surface area (Å²) in [6.07, 6.45) is 0.279. The molecule has 0 amide bonds. The third-order valence-electron chi connectivity index (χ3n) is 2.91. The van der Waals surface area contributed by atoms with Crippen molar-refractivity contribution in [3.8, 4) is 0 Å². The number of aromatic nitrogens is 1. The molecule has 6 heteroatoms. The van der Waals surface area contributed by atoms with Crippen molar-refractivity contribution in [3.63, 3.8) is 0 Å². The third-order valence-corrected chi connectivity index (χ3v) is 2.91. The molecule has 0 radical (unpaired) electrons. The van der Waals surface area contributed by atoms with Crippen LogP contribution in [0.5, 0.6) is 0 Å². The molecular formula is C12H19NO5. The van der Waals surface area contributed by atoms with Gasteiger partial charge in [0.2, 0.25) is 0 Å². The van der Waals surface area contributed by atoms with Gasteiger partial charge in [0.05, 0.1) is 12.8 Å². The van der Waals surface area contributed by atoms with Crippen LogP contribution < -0.4 is 0 Å². The number of ether oxygens (including phenoxy) is 3. The van der Waals surface area contributed by atoms with Gasteiger partial charge < -0.3 is 18.7 Å². The van der Waals surface area contributed by atoms with Crippen LogP contribution >= 0.6 is 0 Å². The zero-order valence-corrected chi connectivity index (χ0v) is 11.4. The van der Waals surface area contributed by atoms with Gasteiger partial charge in [0, 0.05) is 26.7 Å². The standard InChI is InChI=1S/C12H19NO5/c1-8-6-10(18-13-8)9(11(14)15-3)7-12(2,16-4)17-5/h6,9H,7H2,1-5H3. The van der Waals surface area contributed by atoms with Crippen molar-refractivity contribution < 1.29 is 23.5 Å². The van der Waals surface area contributed by atoms with E-state index in [1.54, 1.807) is 19.9 Å². The fourth-order valence-corrected chi connectivity index (χ4v) is 1.61. The smallest absolute Gasteiger partial charge is 0.316 e. The van der Waals surface area contributed by atoms with E-state index < -0.39 is 17.7 Å². The second-order valence-corrected chi connectivity index (χ2v) is 4.19. The van der Waals surface area contributed by atoms with Crippen molar-refractivity contribution in [1.82, 2.24) is 5.16 Å². The fraction of sp³-hybridized carbons (Fsp3) is 0.667. The molecule has 0 bridgehead atoms. The first-order chi connectivity index (χ1) is 8.45. The Morgan fingerprint density at radius 1 is 1.44 bits per heavy atom. The molecular weight excluding hydrogens is 238 g/mol. The van der Waals surface area contributed by atoms with Gasteiger partial charge in [0.1, 0.15) is 5.92 Å². The highest BCUT2D eigenvalue weighted by Gasteiger charge is 2.35. The number of esters is 1. The van der Waals surface area contributed by atoms with E-state index in [-0.39, 0.29) is 6.42 Å². The Hall–Kier alpha value is -1.40. The molecule has 18 heavy (non-hydrogen) atoms. The Morgan fingerprint density at radius 3 is 2.44 bits per heavy atom. The van der Waals surface area contributed by atoms with Crippen molar-refractivity contribution in [2.45, 2.75) is 32.0 Å². The van der Waals surface area contributed by atoms with Crippen LogP contribution in [0.25, 0.3) is 0 Å². The lowest BCUT2D eigenvalue weighted by molar-refractivity contribution is -0.203. The van der Waals surface area contributed by atoms with E-state index >= 15 is 0 Å². The number of aryl methyl sites for hydroxylation is 1. The molecule has 1 rings (SSSR count). The van der Waals surface area contributed by atoms with Crippen LogP contribution in [0.1, 0.15) is 30.7 Å². The maximum absolute atomic E-state index is 11.8. The van der Waals surface area contributed by atoms with Crippen LogP contribution in [-0.2, 0) is 19.0 Å². The molecule has 0 N–H and O–H groups in total. The molecule has 0 aromatic carbocycles. The van der Waals surface area contributed by atoms with Crippen LogP contribution in [0.15, 0.2) is 10.6 Å². The lowest BCUT2D eigenvalue weighted by Crippen LogP contribution is -2.34. The number of methoxy groups -OCH3 is 3. The highest BCUT2D eigenvalue weighted by atomic mass is 16.7. The van der Waals surface area contributed by atoms with Gasteiger partial charge in [-0.25, -0.2) is 0 Å². The van der Waals surface area contributed by atoms with Gasteiger partial charge in [-0.05, 0) is 13.8 Å². The van der Waals surface area contributed by atoms with Gasteiger partial charge in [0.25, 0.3) is 0 Å². The molecule has 0 saturated carbocycles. The van der Waals surface area contributed by atoms with Crippen LogP contribution in [0.3, 0.4) is 0 Å². The molecule has 0 fully saturated rings. The minimum atomic E-state index is -0.889. The van der Waals surface area contributed by atoms with E-state index in [0.29, 0.717) is 11.5 Å². The predicted octanol–water partition coefficient (Wildman–Crippen LogP) is 1.64. The van der Waals surface area contributed by atoms with Gasteiger partial charge in [-0.1, -0.05) is 5.16 Å². The minimum absolute atomic E-state index is 0.279. The number of nitrogens with zero attached hydrogens (tertiary/aromatic N) is 1. The van der Waals surface area contributed by atoms with E-state index in [1.165, 1.54) is 21.3 Å². The normalized spacial score (nSPS) is 13.4. The number of carbonyl (C=O) groups is 1. The lowest BCUT2D eigenvalue weighted by Gasteiger charge is -2.28. The first-order valence-corrected chi connectivity index (χ1v) is 5.57. The Balaban J connectivity index is 2.96. The van der Waals surface area contributed by atoms with Crippen LogP contribution in [-0.4, -0.2) is 38.2 Å². The molecule has 102 valence electrons. The molecule has 0 aliphatic heterocycles. The van der Waals surface area contributed by atoms with Crippen molar-refractivity contribution in [2.24, 2.45) is 0 Å². The molecule has 1 unspecified atom stereocenters. The van der Waals surface area contributed by atoms with E-state index in [4.69, 9.17) is 18.7 Å². The lowest BCUT2D eigenvalue weighted by atomic mass is 9.97. The van der Waals surface area contributed by atoms with Gasteiger partial charge in [0.15, 0.2) is 11.5 Å². The molecule has 6 nitrogen and oxygen atoms in total. The van der Waals surface area contributed by atoms with Crippen molar-refractivity contribution in [3.05, 3.63) is 17.5 Å². The fourth-order valence-electron chi connectivity index (χ4n) is 1.61. The second-order valence-electron chi connectivity index (χ2n) is 4.19. The maximum atomic E-state index is 11.8. The Kier molecular flexibility index (Phi) is 4.86. The van der Waals surface area contributed by atoms with E-state index in [9.17, 15) is 4.79 Å². The van der Waals surface area contributed by atoms with Gasteiger partial charge >= 0.3 is 5.97 Å². The summed E-state index contributed by atoms with van der Waals surface area (Å²) in [4.78, 5) is 11.8. The average Bonchev–Trinajstić information content (AvgIpc) is 2.81. The molecule has 0 saturated heterocycles. The molecule has 1 atom stereocenters. The Labute approximate surface area is 106 Å². The summed E-state index contributed by atoms with van der Waals surface area (Å²) in [5, 5.41) is 3.77. The maximum Gasteiger partial charge on any atom is 0.316 e. The molecule has 0 spiro atoms. The number of rotatable bonds is 6. The topological polar surface area (TPSA) is 70.8 Å². The zero-order chi connectivity index (χ0) is 13.8. The van der Waals surface area contributed by atoms with Gasteiger partial charge in [-0.3, -0.25) is 4.79 Å². The molecule has 0 aliphatic carbocycles. The summed E-state index contributed by atoms with van der Waals surface area (Å²) in [6.45, 7) is 3.53. The molecule has 1 aromatic heterocycles. The van der Waals surface area contributed by atoms with Crippen molar-refractivity contribution >= 4 is 5.97 Å². The average molecular weight is 257 g/mol. The highest BCUT2D eigenvalue weighted by molar-refractivity contribution is 5.77. The third kappa shape index (κ3) is 3.30. The summed E-state index contributed by atoms with van der Waals surface area (Å²) >= 11 is 0. The highest BCUT2D eigenvalue weighted by Crippen LogP contribution is 2.30. The molecule has 0 aliphatic rings. The first kappa shape index (κ1) is 14.7. The minimum Gasteiger partial charge on any atom is -0.468 e. The Morgan fingerprint density at radius 2 is 2.06 bits per heavy atom. The van der Waals surface area contributed by atoms with Crippen molar-refractivity contribution in [1.29, 1.82) is 0 Å². The number of carbonyl (C=O) groups excluding carboxylic acids is 1. The zero-order valence-electron chi connectivity index (χ0n) is 11.4. The second kappa shape index (κ2) is 5.97. The monoisotopic (exact) mass is 257 g/mol. The van der Waals surface area contributed by atoms with Gasteiger partial charge in [-0.2, -0.15) is 0 Å². The Bertz CT molecular complexity index is 397. The van der Waals surface area contributed by atoms with E-state index in [0.717, 1.165) is 0 Å². The summed E-state index contributed by atoms with van der Waals surface area (Å²) in [7, 11) is 4.36. The predicted molar refractivity (Wildman–Crippen MR) is 63.0 cm³/mol. The van der Waals surface area contributed by atoms with E-state index in [1.807, 2.05) is 0 Å². The first-order valence-electron chi connectivity index (χ1n) is 5.57. The molecule has 1 heterocycles. The van der Waals surface area contributed by atoms with E-state index in [2.05, 4.69) is 5.16 Å². The van der Waals surface area contributed by atoms with Crippen LogP contribution in [0.2, 0.25) is 0 Å². The summed E-state index contributed by atoms with van der Waals surface area (Å²) < 4.78 is 20.4. The largest absolute Gasteiger partial charge is 0.468 e. The number of hydrogen-bond donors (Lipinski definition) is 0. The summed E-state index contributed by atoms with van der Waals surface area (Å²) in [6, 6.07) is 1.70. The quantitative estimate of drug-likeness (QED) is 0.570. The SMILES string of the molecule is COC(=O)C(CC(C)(OC)OC)c1cc(C)no1. The van der Waals surface area contributed by atoms with Crippen molar-refractivity contribution in [2.75, 3.05) is 21.3 Å². The van der Waals surface area contributed by atoms with Crippen LogP contribution in [0, 0.1) is 6.92 Å². The summed E-state index contributed by atoms with van der Waals surface area (Å²) in [5.74, 6) is -1.47. The van der Waals surface area contributed by atoms with Gasteiger partial charge in [-0.15, -0.1) is 0 Å².